The molecular formula is C11H15FN2O5. The van der Waals surface area contributed by atoms with E-state index in [1.54, 1.807) is 0 Å². The summed E-state index contributed by atoms with van der Waals surface area (Å²) in [7, 11) is 1.30. The van der Waals surface area contributed by atoms with E-state index in [4.69, 9.17) is 14.6 Å². The second-order valence-electron chi connectivity index (χ2n) is 4.53. The van der Waals surface area contributed by atoms with Gasteiger partial charge in [-0.3, -0.25) is 14.3 Å². The molecule has 1 aliphatic rings. The Morgan fingerprint density at radius 3 is 2.79 bits per heavy atom. The first-order chi connectivity index (χ1) is 8.91. The van der Waals surface area contributed by atoms with Gasteiger partial charge < -0.3 is 14.6 Å². The summed E-state index contributed by atoms with van der Waals surface area (Å²) in [6.45, 7) is 0.783. The number of aliphatic hydroxyl groups is 1. The van der Waals surface area contributed by atoms with E-state index in [-0.39, 0.29) is 0 Å². The number of methoxy groups -OCH3 is 1. The lowest BCUT2D eigenvalue weighted by atomic mass is 9.98. The van der Waals surface area contributed by atoms with E-state index in [9.17, 15) is 14.0 Å². The van der Waals surface area contributed by atoms with Crippen molar-refractivity contribution in [3.8, 4) is 0 Å². The number of aromatic nitrogens is 2. The number of rotatable bonds is 3. The molecule has 1 fully saturated rings. The van der Waals surface area contributed by atoms with Gasteiger partial charge in [0.05, 0.1) is 6.61 Å². The molecule has 0 aliphatic carbocycles. The van der Waals surface area contributed by atoms with Crippen LogP contribution in [-0.4, -0.2) is 46.3 Å². The molecule has 1 saturated heterocycles. The van der Waals surface area contributed by atoms with Crippen molar-refractivity contribution in [2.45, 2.75) is 31.0 Å². The quantitative estimate of drug-likeness (QED) is 0.750. The molecule has 1 aliphatic heterocycles. The topological polar surface area (TPSA) is 93.5 Å². The lowest BCUT2D eigenvalue weighted by Crippen LogP contribution is -2.44. The van der Waals surface area contributed by atoms with Crippen LogP contribution in [0.1, 0.15) is 13.2 Å². The standard InChI is InChI=1S/C11H15FN2O5/c1-11(12)8(18-2)6(5-15)19-9(11)14-4-3-7(16)13-10(14)17/h3-4,6,8-9,15H,5H2,1-2H3,(H,13,16,17)/t6-,8-,9-,11-/m1/s1. The molecule has 0 unspecified atom stereocenters. The van der Waals surface area contributed by atoms with E-state index in [1.165, 1.54) is 14.0 Å². The van der Waals surface area contributed by atoms with Gasteiger partial charge in [0.25, 0.3) is 5.56 Å². The molecule has 0 saturated carbocycles. The summed E-state index contributed by atoms with van der Waals surface area (Å²) in [5.41, 5.74) is -3.39. The van der Waals surface area contributed by atoms with Crippen molar-refractivity contribution in [1.82, 2.24) is 9.55 Å². The number of ether oxygens (including phenoxy) is 2. The maximum Gasteiger partial charge on any atom is 0.330 e. The molecule has 0 amide bonds. The number of hydrogen-bond donors (Lipinski definition) is 2. The lowest BCUT2D eigenvalue weighted by molar-refractivity contribution is -0.0612. The average Bonchev–Trinajstić information content (AvgIpc) is 2.60. The van der Waals surface area contributed by atoms with E-state index >= 15 is 0 Å². The Bertz CT molecular complexity index is 567. The smallest absolute Gasteiger partial charge is 0.330 e. The third-order valence-corrected chi connectivity index (χ3v) is 3.22. The maximum absolute atomic E-state index is 14.7. The average molecular weight is 274 g/mol. The third-order valence-electron chi connectivity index (χ3n) is 3.22. The molecule has 1 aromatic heterocycles. The van der Waals surface area contributed by atoms with Gasteiger partial charge in [-0.15, -0.1) is 0 Å². The van der Waals surface area contributed by atoms with Crippen LogP contribution in [0.25, 0.3) is 0 Å². The van der Waals surface area contributed by atoms with Gasteiger partial charge in [0.2, 0.25) is 0 Å². The number of hydrogen-bond acceptors (Lipinski definition) is 5. The van der Waals surface area contributed by atoms with Crippen LogP contribution in [0.15, 0.2) is 21.9 Å². The van der Waals surface area contributed by atoms with Crippen LogP contribution in [0.5, 0.6) is 0 Å². The molecule has 0 radical (unpaired) electrons. The second-order valence-corrected chi connectivity index (χ2v) is 4.53. The van der Waals surface area contributed by atoms with Crippen LogP contribution < -0.4 is 11.2 Å². The number of aliphatic hydroxyl groups excluding tert-OH is 1. The predicted octanol–water partition coefficient (Wildman–Crippen LogP) is -0.830. The van der Waals surface area contributed by atoms with Crippen LogP contribution in [0.3, 0.4) is 0 Å². The van der Waals surface area contributed by atoms with Gasteiger partial charge in [-0.2, -0.15) is 0 Å². The molecule has 0 bridgehead atoms. The summed E-state index contributed by atoms with van der Waals surface area (Å²) >= 11 is 0. The number of nitrogens with one attached hydrogen (secondary N) is 1. The SMILES string of the molecule is CO[C@@H]1[C@@H](CO)O[C@@H](n2ccc(=O)[nH]c2=O)[C@]1(C)F. The fourth-order valence-electron chi connectivity index (χ4n) is 2.34. The van der Waals surface area contributed by atoms with Crippen molar-refractivity contribution in [2.75, 3.05) is 13.7 Å². The summed E-state index contributed by atoms with van der Waals surface area (Å²) in [5, 5.41) is 9.16. The van der Waals surface area contributed by atoms with E-state index in [2.05, 4.69) is 0 Å². The van der Waals surface area contributed by atoms with Gasteiger partial charge in [0.15, 0.2) is 11.9 Å². The first-order valence-corrected chi connectivity index (χ1v) is 5.71. The monoisotopic (exact) mass is 274 g/mol. The number of nitrogens with zero attached hydrogens (tertiary/aromatic N) is 1. The van der Waals surface area contributed by atoms with Gasteiger partial charge in [0, 0.05) is 19.4 Å². The number of halogens is 1. The zero-order valence-electron chi connectivity index (χ0n) is 10.5. The van der Waals surface area contributed by atoms with Crippen LogP contribution in [0.4, 0.5) is 4.39 Å². The highest BCUT2D eigenvalue weighted by Gasteiger charge is 2.56. The summed E-state index contributed by atoms with van der Waals surface area (Å²) in [5.74, 6) is 0. The maximum atomic E-state index is 14.7. The van der Waals surface area contributed by atoms with Crippen LogP contribution in [0.2, 0.25) is 0 Å². The van der Waals surface area contributed by atoms with Gasteiger partial charge in [-0.25, -0.2) is 9.18 Å². The van der Waals surface area contributed by atoms with Crippen molar-refractivity contribution >= 4 is 0 Å². The van der Waals surface area contributed by atoms with E-state index < -0.39 is 42.0 Å². The summed E-state index contributed by atoms with van der Waals surface area (Å²) in [4.78, 5) is 24.7. The molecule has 2 heterocycles. The summed E-state index contributed by atoms with van der Waals surface area (Å²) < 4.78 is 26.0. The highest BCUT2D eigenvalue weighted by molar-refractivity contribution is 5.01. The van der Waals surface area contributed by atoms with E-state index in [0.717, 1.165) is 16.8 Å². The Labute approximate surface area is 107 Å². The minimum absolute atomic E-state index is 0.438. The molecule has 19 heavy (non-hydrogen) atoms. The summed E-state index contributed by atoms with van der Waals surface area (Å²) in [6.07, 6.45) is -2.03. The zero-order valence-corrected chi connectivity index (χ0v) is 10.5. The fraction of sp³-hybridized carbons (Fsp3) is 0.636. The molecule has 0 spiro atoms. The van der Waals surface area contributed by atoms with Crippen molar-refractivity contribution in [3.63, 3.8) is 0 Å². The van der Waals surface area contributed by atoms with Crippen molar-refractivity contribution in [2.24, 2.45) is 0 Å². The van der Waals surface area contributed by atoms with Crippen LogP contribution >= 0.6 is 0 Å². The predicted molar refractivity (Wildman–Crippen MR) is 62.6 cm³/mol. The Morgan fingerprint density at radius 2 is 2.32 bits per heavy atom. The second kappa shape index (κ2) is 4.87. The Morgan fingerprint density at radius 1 is 1.63 bits per heavy atom. The molecule has 8 heteroatoms. The van der Waals surface area contributed by atoms with Crippen molar-refractivity contribution in [1.29, 1.82) is 0 Å². The van der Waals surface area contributed by atoms with Gasteiger partial charge >= 0.3 is 5.69 Å². The number of alkyl halides is 1. The molecule has 7 nitrogen and oxygen atoms in total. The first kappa shape index (κ1) is 13.9. The fourth-order valence-corrected chi connectivity index (χ4v) is 2.34. The number of H-pyrrole nitrogens is 1. The molecule has 106 valence electrons. The van der Waals surface area contributed by atoms with E-state index in [1.807, 2.05) is 4.98 Å². The molecule has 0 aromatic carbocycles. The van der Waals surface area contributed by atoms with Crippen molar-refractivity contribution < 1.29 is 19.0 Å². The minimum atomic E-state index is -2.02. The van der Waals surface area contributed by atoms with Gasteiger partial charge in [-0.05, 0) is 6.92 Å². The largest absolute Gasteiger partial charge is 0.394 e. The minimum Gasteiger partial charge on any atom is -0.394 e. The van der Waals surface area contributed by atoms with Gasteiger partial charge in [-0.1, -0.05) is 0 Å². The van der Waals surface area contributed by atoms with Crippen molar-refractivity contribution in [3.05, 3.63) is 33.1 Å². The normalized spacial score (nSPS) is 34.6. The Hall–Kier alpha value is -1.51. The molecule has 2 rings (SSSR count). The first-order valence-electron chi connectivity index (χ1n) is 5.71. The lowest BCUT2D eigenvalue weighted by Gasteiger charge is -2.26. The zero-order chi connectivity index (χ0) is 14.2. The van der Waals surface area contributed by atoms with Crippen LogP contribution in [0, 0.1) is 0 Å². The number of aromatic amines is 1. The highest BCUT2D eigenvalue weighted by Crippen LogP contribution is 2.41. The molecular weight excluding hydrogens is 259 g/mol. The molecule has 1 aromatic rings. The Kier molecular flexibility index (Phi) is 3.57. The summed E-state index contributed by atoms with van der Waals surface area (Å²) in [6, 6.07) is 1.09. The van der Waals surface area contributed by atoms with E-state index in [0.29, 0.717) is 0 Å². The highest BCUT2D eigenvalue weighted by atomic mass is 19.1. The third kappa shape index (κ3) is 2.22. The molecule has 2 N–H and O–H groups in total. The van der Waals surface area contributed by atoms with Gasteiger partial charge in [0.1, 0.15) is 12.2 Å². The Balaban J connectivity index is 2.45. The molecule has 4 atom stereocenters. The van der Waals surface area contributed by atoms with Crippen LogP contribution in [-0.2, 0) is 9.47 Å².